The number of nitrogens with one attached hydrogen (secondary N) is 1. The molecule has 34 heavy (non-hydrogen) atoms. The molecule has 10 nitrogen and oxygen atoms in total. The number of rotatable bonds is 6. The second-order valence-electron chi connectivity index (χ2n) is 8.51. The van der Waals surface area contributed by atoms with Gasteiger partial charge in [0.25, 0.3) is 11.7 Å². The van der Waals surface area contributed by atoms with Gasteiger partial charge in [-0.15, -0.1) is 11.3 Å². The molecule has 1 saturated heterocycles. The van der Waals surface area contributed by atoms with Crippen LogP contribution < -0.4 is 10.1 Å². The minimum Gasteiger partial charge on any atom is -0.488 e. The Morgan fingerprint density at radius 3 is 2.79 bits per heavy atom. The van der Waals surface area contributed by atoms with Crippen molar-refractivity contribution in [2.24, 2.45) is 5.92 Å². The van der Waals surface area contributed by atoms with Crippen molar-refractivity contribution in [1.82, 2.24) is 5.32 Å². The molecule has 0 aliphatic carbocycles. The van der Waals surface area contributed by atoms with Gasteiger partial charge in [-0.1, -0.05) is 19.1 Å². The number of aliphatic hydroxyl groups excluding tert-OH is 3. The molecule has 3 unspecified atom stereocenters. The van der Waals surface area contributed by atoms with Gasteiger partial charge in [-0.2, -0.15) is 0 Å². The first-order valence-electron chi connectivity index (χ1n) is 10.8. The van der Waals surface area contributed by atoms with Gasteiger partial charge in [0.1, 0.15) is 18.5 Å². The van der Waals surface area contributed by atoms with E-state index in [0.29, 0.717) is 11.5 Å². The van der Waals surface area contributed by atoms with E-state index < -0.39 is 54.4 Å². The molecular weight excluding hydrogens is 466 g/mol. The summed E-state index contributed by atoms with van der Waals surface area (Å²) in [6.45, 7) is 1.57. The number of hydrogen-bond donors (Lipinski definition) is 5. The van der Waals surface area contributed by atoms with Crippen LogP contribution in [0.4, 0.5) is 0 Å². The second kappa shape index (κ2) is 9.61. The lowest BCUT2D eigenvalue weighted by atomic mass is 9.84. The molecule has 2 aliphatic heterocycles. The fourth-order valence-corrected chi connectivity index (χ4v) is 5.29. The maximum absolute atomic E-state index is 12.7. The van der Waals surface area contributed by atoms with E-state index in [0.717, 1.165) is 28.9 Å². The predicted octanol–water partition coefficient (Wildman–Crippen LogP) is 0.407. The van der Waals surface area contributed by atoms with Crippen molar-refractivity contribution >= 4 is 23.2 Å². The van der Waals surface area contributed by atoms with Crippen LogP contribution in [0.2, 0.25) is 0 Å². The average Bonchev–Trinajstić information content (AvgIpc) is 3.28. The van der Waals surface area contributed by atoms with E-state index in [9.17, 15) is 30.0 Å². The molecule has 5 N–H and O–H groups in total. The van der Waals surface area contributed by atoms with E-state index in [1.165, 1.54) is 11.3 Å². The van der Waals surface area contributed by atoms with Gasteiger partial charge in [-0.25, -0.2) is 4.79 Å². The van der Waals surface area contributed by atoms with Crippen molar-refractivity contribution in [3.05, 3.63) is 40.8 Å². The predicted molar refractivity (Wildman–Crippen MR) is 120 cm³/mol. The van der Waals surface area contributed by atoms with Crippen LogP contribution in [0.1, 0.15) is 28.6 Å². The normalized spacial score (nSPS) is 27.5. The van der Waals surface area contributed by atoms with Crippen molar-refractivity contribution in [3.63, 3.8) is 0 Å². The summed E-state index contributed by atoms with van der Waals surface area (Å²) < 4.78 is 15.6. The Bertz CT molecular complexity index is 1070. The summed E-state index contributed by atoms with van der Waals surface area (Å²) in [6, 6.07) is 9.27. The van der Waals surface area contributed by atoms with Gasteiger partial charge >= 0.3 is 5.97 Å². The van der Waals surface area contributed by atoms with E-state index in [2.05, 4.69) is 10.1 Å². The van der Waals surface area contributed by atoms with Crippen LogP contribution in [0, 0.1) is 5.92 Å². The molecule has 11 heteroatoms. The van der Waals surface area contributed by atoms with Crippen LogP contribution in [0.3, 0.4) is 0 Å². The first kappa shape index (κ1) is 24.6. The highest BCUT2D eigenvalue weighted by Gasteiger charge is 2.52. The topological polar surface area (TPSA) is 155 Å². The second-order valence-corrected chi connectivity index (χ2v) is 9.56. The number of esters is 1. The zero-order valence-electron chi connectivity index (χ0n) is 18.6. The summed E-state index contributed by atoms with van der Waals surface area (Å²) in [7, 11) is 1.05. The number of benzene rings is 1. The Labute approximate surface area is 199 Å². The molecule has 2 aliphatic rings. The number of fused-ring (bicyclic) bond motifs is 3. The van der Waals surface area contributed by atoms with Crippen LogP contribution in [0.15, 0.2) is 30.3 Å². The van der Waals surface area contributed by atoms with Gasteiger partial charge in [0, 0.05) is 34.9 Å². The van der Waals surface area contributed by atoms with E-state index in [-0.39, 0.29) is 6.54 Å². The van der Waals surface area contributed by atoms with E-state index in [1.807, 2.05) is 24.3 Å². The van der Waals surface area contributed by atoms with Crippen molar-refractivity contribution in [3.8, 4) is 16.2 Å². The third kappa shape index (κ3) is 4.54. The molecule has 1 aromatic heterocycles. The fraction of sp³-hybridized carbons (Fsp3) is 0.478. The standard InChI is InChI=1S/C23H27NO9S/c1-11-14(25)8-23(30,22(29)31-2)33-19(11)18(27)15(26)9-24-21(28)17-7-12-10-32-16-6-4-3-5-13(16)20(12)34-17/h3-7,11,14-15,18-19,25-27,30H,8-10H2,1-2H3,(H,24,28)/t11-,14-,15?,18?,19?,23-/m1/s1. The molecule has 2 aromatic rings. The van der Waals surface area contributed by atoms with E-state index >= 15 is 0 Å². The summed E-state index contributed by atoms with van der Waals surface area (Å²) in [5, 5.41) is 44.4. The minimum atomic E-state index is -2.45. The SMILES string of the molecule is COC(=O)[C@@]1(O)C[C@@H](O)[C@@H](C)C(C(O)C(O)CNC(=O)c2cc3c(s2)-c2ccccc2OC3)O1. The number of thiophene rings is 1. The summed E-state index contributed by atoms with van der Waals surface area (Å²) >= 11 is 1.30. The van der Waals surface area contributed by atoms with Gasteiger partial charge in [0.05, 0.1) is 30.3 Å². The smallest absolute Gasteiger partial charge is 0.366 e. The van der Waals surface area contributed by atoms with Crippen LogP contribution in [0.25, 0.3) is 10.4 Å². The maximum Gasteiger partial charge on any atom is 0.366 e. The van der Waals surface area contributed by atoms with Crippen LogP contribution >= 0.6 is 11.3 Å². The molecule has 0 saturated carbocycles. The number of ether oxygens (including phenoxy) is 3. The molecular formula is C23H27NO9S. The number of para-hydroxylation sites is 1. The molecule has 184 valence electrons. The van der Waals surface area contributed by atoms with Gasteiger partial charge < -0.3 is 40.0 Å². The number of hydrogen-bond acceptors (Lipinski definition) is 10. The van der Waals surface area contributed by atoms with Crippen LogP contribution in [-0.2, 0) is 20.9 Å². The highest BCUT2D eigenvalue weighted by molar-refractivity contribution is 7.17. The van der Waals surface area contributed by atoms with Gasteiger partial charge in [-0.3, -0.25) is 4.79 Å². The summed E-state index contributed by atoms with van der Waals surface area (Å²) in [4.78, 5) is 26.0. The molecule has 4 rings (SSSR count). The number of methoxy groups -OCH3 is 1. The molecule has 3 heterocycles. The third-order valence-electron chi connectivity index (χ3n) is 6.20. The summed E-state index contributed by atoms with van der Waals surface area (Å²) in [5.41, 5.74) is 1.79. The number of carbonyl (C=O) groups is 2. The largest absolute Gasteiger partial charge is 0.488 e. The zero-order chi connectivity index (χ0) is 24.6. The van der Waals surface area contributed by atoms with E-state index in [1.54, 1.807) is 13.0 Å². The quantitative estimate of drug-likeness (QED) is 0.360. The summed E-state index contributed by atoms with van der Waals surface area (Å²) in [6.07, 6.45) is -6.03. The van der Waals surface area contributed by atoms with Gasteiger partial charge in [0.15, 0.2) is 0 Å². The third-order valence-corrected chi connectivity index (χ3v) is 7.41. The highest BCUT2D eigenvalue weighted by atomic mass is 32.1. The van der Waals surface area contributed by atoms with Crippen molar-refractivity contribution < 1.29 is 44.2 Å². The van der Waals surface area contributed by atoms with Crippen molar-refractivity contribution in [1.29, 1.82) is 0 Å². The Balaban J connectivity index is 1.41. The lowest BCUT2D eigenvalue weighted by Crippen LogP contribution is -2.60. The number of amides is 1. The monoisotopic (exact) mass is 493 g/mol. The first-order chi connectivity index (χ1) is 16.1. The molecule has 0 bridgehead atoms. The fourth-order valence-electron chi connectivity index (χ4n) is 4.18. The lowest BCUT2D eigenvalue weighted by Gasteiger charge is -2.44. The number of aliphatic hydroxyl groups is 4. The van der Waals surface area contributed by atoms with Crippen molar-refractivity contribution in [2.45, 2.75) is 50.2 Å². The average molecular weight is 494 g/mol. The molecule has 1 amide bonds. The van der Waals surface area contributed by atoms with Crippen molar-refractivity contribution in [2.75, 3.05) is 13.7 Å². The Morgan fingerprint density at radius 1 is 1.32 bits per heavy atom. The Morgan fingerprint density at radius 2 is 2.06 bits per heavy atom. The molecule has 6 atom stereocenters. The highest BCUT2D eigenvalue weighted by Crippen LogP contribution is 2.42. The molecule has 1 fully saturated rings. The molecule has 1 aromatic carbocycles. The maximum atomic E-state index is 12.7. The van der Waals surface area contributed by atoms with E-state index in [4.69, 9.17) is 9.47 Å². The molecule has 0 radical (unpaired) electrons. The minimum absolute atomic E-state index is 0.324. The first-order valence-corrected chi connectivity index (χ1v) is 11.6. The Hall–Kier alpha value is -2.54. The Kier molecular flexibility index (Phi) is 6.94. The van der Waals surface area contributed by atoms with Gasteiger partial charge in [0.2, 0.25) is 0 Å². The number of carbonyl (C=O) groups excluding carboxylic acids is 2. The van der Waals surface area contributed by atoms with Gasteiger partial charge in [-0.05, 0) is 18.2 Å². The summed E-state index contributed by atoms with van der Waals surface area (Å²) in [5.74, 6) is -3.98. The lowest BCUT2D eigenvalue weighted by molar-refractivity contribution is -0.302. The zero-order valence-corrected chi connectivity index (χ0v) is 19.4. The van der Waals surface area contributed by atoms with Crippen LogP contribution in [-0.4, -0.2) is 76.2 Å². The van der Waals surface area contributed by atoms with Crippen LogP contribution in [0.5, 0.6) is 5.75 Å². The molecule has 0 spiro atoms.